The number of benzene rings is 1. The smallest absolute Gasteiger partial charge is 0.408 e. The van der Waals surface area contributed by atoms with Gasteiger partial charge < -0.3 is 26.0 Å². The highest BCUT2D eigenvalue weighted by molar-refractivity contribution is 5.92. The minimum absolute atomic E-state index is 0.0114. The first-order chi connectivity index (χ1) is 16.4. The van der Waals surface area contributed by atoms with E-state index in [1.807, 2.05) is 31.2 Å². The van der Waals surface area contributed by atoms with Crippen LogP contribution in [0.2, 0.25) is 0 Å². The molecular formula is C26H40N4O5. The Morgan fingerprint density at radius 3 is 2.31 bits per heavy atom. The van der Waals surface area contributed by atoms with Crippen LogP contribution in [0.15, 0.2) is 24.3 Å². The molecule has 2 unspecified atom stereocenters. The van der Waals surface area contributed by atoms with Crippen LogP contribution < -0.4 is 16.4 Å². The quantitative estimate of drug-likeness (QED) is 0.492. The summed E-state index contributed by atoms with van der Waals surface area (Å²) >= 11 is 0. The summed E-state index contributed by atoms with van der Waals surface area (Å²) in [6, 6.07) is 5.49. The Labute approximate surface area is 208 Å². The number of carbonyl (C=O) groups excluding carboxylic acids is 4. The van der Waals surface area contributed by atoms with Gasteiger partial charge in [0.1, 0.15) is 17.7 Å². The average Bonchev–Trinajstić information content (AvgIpc) is 2.77. The summed E-state index contributed by atoms with van der Waals surface area (Å²) in [7, 11) is 1.54. The van der Waals surface area contributed by atoms with Crippen molar-refractivity contribution < 1.29 is 23.9 Å². The van der Waals surface area contributed by atoms with E-state index in [1.165, 1.54) is 11.9 Å². The lowest BCUT2D eigenvalue weighted by Crippen LogP contribution is -2.52. The maximum atomic E-state index is 13.6. The molecule has 1 fully saturated rings. The predicted octanol–water partition coefficient (Wildman–Crippen LogP) is 3.10. The van der Waals surface area contributed by atoms with Crippen LogP contribution >= 0.6 is 0 Å². The van der Waals surface area contributed by atoms with Crippen LogP contribution in [0.25, 0.3) is 0 Å². The lowest BCUT2D eigenvalue weighted by molar-refractivity contribution is -0.141. The molecule has 1 aromatic carbocycles. The van der Waals surface area contributed by atoms with Gasteiger partial charge in [0, 0.05) is 19.5 Å². The molecule has 194 valence electrons. The van der Waals surface area contributed by atoms with E-state index in [0.29, 0.717) is 5.56 Å². The van der Waals surface area contributed by atoms with Crippen molar-refractivity contribution in [3.8, 4) is 0 Å². The average molecular weight is 489 g/mol. The number of nitrogens with one attached hydrogen (secondary N) is 2. The molecule has 1 aromatic rings. The van der Waals surface area contributed by atoms with Crippen LogP contribution in [-0.2, 0) is 19.1 Å². The number of alkyl carbamates (subject to hydrolysis) is 1. The number of carbonyl (C=O) groups is 4. The molecule has 0 aromatic heterocycles. The highest BCUT2D eigenvalue weighted by Gasteiger charge is 2.35. The van der Waals surface area contributed by atoms with Crippen molar-refractivity contribution in [1.82, 2.24) is 15.5 Å². The second-order valence-electron chi connectivity index (χ2n) is 10.3. The third kappa shape index (κ3) is 8.88. The van der Waals surface area contributed by atoms with Crippen molar-refractivity contribution >= 4 is 23.8 Å². The molecule has 0 saturated heterocycles. The van der Waals surface area contributed by atoms with Crippen molar-refractivity contribution in [2.75, 3.05) is 7.05 Å². The summed E-state index contributed by atoms with van der Waals surface area (Å²) in [5.74, 6) is -1.38. The molecule has 1 saturated carbocycles. The molecule has 0 aliphatic heterocycles. The molecule has 1 aliphatic rings. The second-order valence-corrected chi connectivity index (χ2v) is 10.3. The van der Waals surface area contributed by atoms with Crippen LogP contribution in [0.4, 0.5) is 4.79 Å². The Kier molecular flexibility index (Phi) is 10.1. The third-order valence-electron chi connectivity index (χ3n) is 6.09. The van der Waals surface area contributed by atoms with E-state index in [1.54, 1.807) is 20.8 Å². The number of amides is 4. The fraction of sp³-hybridized carbons (Fsp3) is 0.615. The largest absolute Gasteiger partial charge is 0.444 e. The molecule has 4 amide bonds. The third-order valence-corrected chi connectivity index (χ3v) is 6.09. The van der Waals surface area contributed by atoms with Crippen molar-refractivity contribution in [2.45, 2.75) is 96.4 Å². The maximum absolute atomic E-state index is 13.6. The summed E-state index contributed by atoms with van der Waals surface area (Å²) in [5, 5.41) is 5.68. The number of nitrogens with zero attached hydrogens (tertiary/aromatic N) is 1. The molecule has 0 spiro atoms. The van der Waals surface area contributed by atoms with Gasteiger partial charge in [-0.3, -0.25) is 14.4 Å². The SMILES string of the molecule is Cc1ccccc1C(C(=O)NC1CCCCC1)N(C)C(=O)C(CCC(N)=O)NC(=O)OC(C)(C)C. The van der Waals surface area contributed by atoms with Crippen molar-refractivity contribution in [3.05, 3.63) is 35.4 Å². The monoisotopic (exact) mass is 488 g/mol. The second kappa shape index (κ2) is 12.6. The normalized spacial score (nSPS) is 16.0. The lowest BCUT2D eigenvalue weighted by Gasteiger charge is -2.33. The number of rotatable bonds is 9. The van der Waals surface area contributed by atoms with Gasteiger partial charge in [-0.1, -0.05) is 43.5 Å². The van der Waals surface area contributed by atoms with Gasteiger partial charge in [0.25, 0.3) is 0 Å². The number of hydrogen-bond acceptors (Lipinski definition) is 5. The Morgan fingerprint density at radius 1 is 1.11 bits per heavy atom. The zero-order valence-corrected chi connectivity index (χ0v) is 21.6. The Balaban J connectivity index is 2.32. The number of nitrogens with two attached hydrogens (primary N) is 1. The van der Waals surface area contributed by atoms with Crippen LogP contribution in [0.5, 0.6) is 0 Å². The lowest BCUT2D eigenvalue weighted by atomic mass is 9.94. The molecular weight excluding hydrogens is 448 g/mol. The summed E-state index contributed by atoms with van der Waals surface area (Å²) < 4.78 is 5.30. The van der Waals surface area contributed by atoms with Gasteiger partial charge in [-0.15, -0.1) is 0 Å². The topological polar surface area (TPSA) is 131 Å². The van der Waals surface area contributed by atoms with E-state index in [-0.39, 0.29) is 24.8 Å². The van der Waals surface area contributed by atoms with Gasteiger partial charge in [0.2, 0.25) is 17.7 Å². The van der Waals surface area contributed by atoms with Crippen LogP contribution in [0, 0.1) is 6.92 Å². The maximum Gasteiger partial charge on any atom is 0.408 e. The van der Waals surface area contributed by atoms with Crippen molar-refractivity contribution in [2.24, 2.45) is 5.73 Å². The van der Waals surface area contributed by atoms with Crippen LogP contribution in [0.3, 0.4) is 0 Å². The van der Waals surface area contributed by atoms with Crippen LogP contribution in [0.1, 0.15) is 82.9 Å². The summed E-state index contributed by atoms with van der Waals surface area (Å²) in [5.41, 5.74) is 6.10. The zero-order chi connectivity index (χ0) is 26.2. The fourth-order valence-corrected chi connectivity index (χ4v) is 4.31. The van der Waals surface area contributed by atoms with Gasteiger partial charge in [-0.05, 0) is 58.1 Å². The van der Waals surface area contributed by atoms with Gasteiger partial charge >= 0.3 is 6.09 Å². The molecule has 2 rings (SSSR count). The first-order valence-corrected chi connectivity index (χ1v) is 12.3. The van der Waals surface area contributed by atoms with Gasteiger partial charge in [-0.25, -0.2) is 4.79 Å². The Bertz CT molecular complexity index is 905. The van der Waals surface area contributed by atoms with E-state index < -0.39 is 35.6 Å². The number of likely N-dealkylation sites (N-methyl/N-ethyl adjacent to an activating group) is 1. The minimum Gasteiger partial charge on any atom is -0.444 e. The molecule has 2 atom stereocenters. The summed E-state index contributed by atoms with van der Waals surface area (Å²) in [6.45, 7) is 7.02. The number of aryl methyl sites for hydroxylation is 1. The molecule has 1 aliphatic carbocycles. The predicted molar refractivity (Wildman–Crippen MR) is 133 cm³/mol. The highest BCUT2D eigenvalue weighted by Crippen LogP contribution is 2.26. The molecule has 0 bridgehead atoms. The van der Waals surface area contributed by atoms with Gasteiger partial charge in [0.15, 0.2) is 0 Å². The number of primary amides is 1. The minimum atomic E-state index is -1.09. The first kappa shape index (κ1) is 28.1. The number of ether oxygens (including phenoxy) is 1. The van der Waals surface area contributed by atoms with Gasteiger partial charge in [0.05, 0.1) is 0 Å². The summed E-state index contributed by atoms with van der Waals surface area (Å²) in [4.78, 5) is 52.3. The van der Waals surface area contributed by atoms with Crippen LogP contribution in [-0.4, -0.2) is 53.4 Å². The van der Waals surface area contributed by atoms with Crippen molar-refractivity contribution in [3.63, 3.8) is 0 Å². The molecule has 4 N–H and O–H groups in total. The molecule has 9 heteroatoms. The molecule has 35 heavy (non-hydrogen) atoms. The highest BCUT2D eigenvalue weighted by atomic mass is 16.6. The Hall–Kier alpha value is -3.10. The molecule has 9 nitrogen and oxygen atoms in total. The summed E-state index contributed by atoms with van der Waals surface area (Å²) in [6.07, 6.45) is 4.19. The van der Waals surface area contributed by atoms with E-state index >= 15 is 0 Å². The zero-order valence-electron chi connectivity index (χ0n) is 21.6. The van der Waals surface area contributed by atoms with E-state index in [9.17, 15) is 19.2 Å². The van der Waals surface area contributed by atoms with Crippen molar-refractivity contribution in [1.29, 1.82) is 0 Å². The van der Waals surface area contributed by atoms with E-state index in [2.05, 4.69) is 10.6 Å². The van der Waals surface area contributed by atoms with E-state index in [0.717, 1.165) is 37.7 Å². The van der Waals surface area contributed by atoms with E-state index in [4.69, 9.17) is 10.5 Å². The van der Waals surface area contributed by atoms with Gasteiger partial charge in [-0.2, -0.15) is 0 Å². The molecule has 0 radical (unpaired) electrons. The number of hydrogen-bond donors (Lipinski definition) is 3. The first-order valence-electron chi connectivity index (χ1n) is 12.3. The standard InChI is InChI=1S/C26H40N4O5/c1-17-11-9-10-14-19(17)22(23(32)28-18-12-7-6-8-13-18)30(5)24(33)20(15-16-21(27)31)29-25(34)35-26(2,3)4/h9-11,14,18,20,22H,6-8,12-13,15-16H2,1-5H3,(H2,27,31)(H,28,32)(H,29,34). The Morgan fingerprint density at radius 2 is 1.74 bits per heavy atom. The fourth-order valence-electron chi connectivity index (χ4n) is 4.31. The molecule has 0 heterocycles.